The number of amides is 3. The van der Waals surface area contributed by atoms with Crippen molar-refractivity contribution < 1.29 is 28.8 Å². The molecule has 0 radical (unpaired) electrons. The molecular weight excluding hydrogens is 268 g/mol. The average molecular weight is 286 g/mol. The molecule has 1 heterocycles. The van der Waals surface area contributed by atoms with Crippen LogP contribution in [-0.2, 0) is 28.8 Å². The second-order valence-corrected chi connectivity index (χ2v) is 4.24. The number of nitrogens with zero attached hydrogens (tertiary/aromatic N) is 1. The fourth-order valence-corrected chi connectivity index (χ4v) is 1.55. The van der Waals surface area contributed by atoms with E-state index in [2.05, 4.69) is 10.2 Å². The summed E-state index contributed by atoms with van der Waals surface area (Å²) in [6, 6.07) is 0. The van der Waals surface area contributed by atoms with Gasteiger partial charge in [0.15, 0.2) is 0 Å². The normalized spacial score (nSPS) is 14.6. The van der Waals surface area contributed by atoms with Gasteiger partial charge < -0.3 is 14.9 Å². The van der Waals surface area contributed by atoms with Gasteiger partial charge in [-0.2, -0.15) is 0 Å². The lowest BCUT2D eigenvalue weighted by atomic mass is 10.3. The third-order valence-electron chi connectivity index (χ3n) is 2.60. The van der Waals surface area contributed by atoms with Crippen LogP contribution in [0, 0.1) is 0 Å². The summed E-state index contributed by atoms with van der Waals surface area (Å²) in [6.07, 6.45) is 0.539. The SMILES string of the molecule is COCCCNC(=O)CCC(=O)ON1C(=O)CCC1=O. The first kappa shape index (κ1) is 16.1. The van der Waals surface area contributed by atoms with E-state index in [9.17, 15) is 19.2 Å². The Labute approximate surface area is 116 Å². The van der Waals surface area contributed by atoms with Crippen molar-refractivity contribution in [2.24, 2.45) is 0 Å². The second kappa shape index (κ2) is 8.26. The van der Waals surface area contributed by atoms with Gasteiger partial charge in [-0.25, -0.2) is 4.79 Å². The van der Waals surface area contributed by atoms with Crippen LogP contribution in [0.3, 0.4) is 0 Å². The Morgan fingerprint density at radius 3 is 2.45 bits per heavy atom. The van der Waals surface area contributed by atoms with Crippen molar-refractivity contribution in [1.82, 2.24) is 10.4 Å². The van der Waals surface area contributed by atoms with Crippen molar-refractivity contribution in [3.63, 3.8) is 0 Å². The minimum Gasteiger partial charge on any atom is -0.385 e. The zero-order valence-electron chi connectivity index (χ0n) is 11.3. The van der Waals surface area contributed by atoms with Crippen LogP contribution < -0.4 is 5.32 Å². The number of hydroxylamine groups is 2. The number of nitrogens with one attached hydrogen (secondary N) is 1. The highest BCUT2D eigenvalue weighted by Crippen LogP contribution is 2.12. The van der Waals surface area contributed by atoms with E-state index in [1.165, 1.54) is 0 Å². The fourth-order valence-electron chi connectivity index (χ4n) is 1.55. The largest absolute Gasteiger partial charge is 0.385 e. The van der Waals surface area contributed by atoms with Gasteiger partial charge in [0.25, 0.3) is 11.8 Å². The molecule has 0 aromatic rings. The average Bonchev–Trinajstić information content (AvgIpc) is 2.73. The van der Waals surface area contributed by atoms with Crippen molar-refractivity contribution in [1.29, 1.82) is 0 Å². The summed E-state index contributed by atoms with van der Waals surface area (Å²) in [7, 11) is 1.57. The quantitative estimate of drug-likeness (QED) is 0.478. The minimum atomic E-state index is -0.777. The Kier molecular flexibility index (Phi) is 6.65. The topological polar surface area (TPSA) is 102 Å². The van der Waals surface area contributed by atoms with Gasteiger partial charge in [0.05, 0.1) is 6.42 Å². The van der Waals surface area contributed by atoms with Crippen LogP contribution in [0.15, 0.2) is 0 Å². The molecule has 3 amide bonds. The predicted molar refractivity (Wildman–Crippen MR) is 65.9 cm³/mol. The molecule has 1 rings (SSSR count). The lowest BCUT2D eigenvalue weighted by molar-refractivity contribution is -0.197. The minimum absolute atomic E-state index is 0.0477. The molecule has 0 aromatic heterocycles. The summed E-state index contributed by atoms with van der Waals surface area (Å²) in [5.41, 5.74) is 0. The standard InChI is InChI=1S/C12H18N2O6/c1-19-8-2-7-13-9(15)3-6-12(18)20-14-10(16)4-5-11(14)17/h2-8H2,1H3,(H,13,15). The molecule has 1 fully saturated rings. The van der Waals surface area contributed by atoms with Crippen molar-refractivity contribution >= 4 is 23.7 Å². The lowest BCUT2D eigenvalue weighted by Gasteiger charge is -2.12. The Bertz CT molecular complexity index is 379. The van der Waals surface area contributed by atoms with Gasteiger partial charge in [-0.15, -0.1) is 5.06 Å². The summed E-state index contributed by atoms with van der Waals surface area (Å²) in [5.74, 6) is -2.14. The number of ether oxygens (including phenoxy) is 1. The summed E-state index contributed by atoms with van der Waals surface area (Å²) in [4.78, 5) is 49.8. The van der Waals surface area contributed by atoms with E-state index in [0.717, 1.165) is 0 Å². The monoisotopic (exact) mass is 286 g/mol. The molecule has 8 heteroatoms. The van der Waals surface area contributed by atoms with E-state index in [-0.39, 0.29) is 31.6 Å². The van der Waals surface area contributed by atoms with Gasteiger partial charge >= 0.3 is 5.97 Å². The summed E-state index contributed by atoms with van der Waals surface area (Å²) >= 11 is 0. The first-order valence-electron chi connectivity index (χ1n) is 6.37. The Hall–Kier alpha value is -1.96. The lowest BCUT2D eigenvalue weighted by Crippen LogP contribution is -2.32. The fraction of sp³-hybridized carbons (Fsp3) is 0.667. The van der Waals surface area contributed by atoms with Gasteiger partial charge in [0, 0.05) is 39.5 Å². The second-order valence-electron chi connectivity index (χ2n) is 4.24. The predicted octanol–water partition coefficient (Wildman–Crippen LogP) is -0.474. The highest BCUT2D eigenvalue weighted by atomic mass is 16.7. The van der Waals surface area contributed by atoms with Gasteiger partial charge in [0.2, 0.25) is 5.91 Å². The van der Waals surface area contributed by atoms with E-state index >= 15 is 0 Å². The Morgan fingerprint density at radius 2 is 1.85 bits per heavy atom. The number of imide groups is 1. The zero-order chi connectivity index (χ0) is 15.0. The van der Waals surface area contributed by atoms with E-state index < -0.39 is 17.8 Å². The molecule has 0 unspecified atom stereocenters. The van der Waals surface area contributed by atoms with Gasteiger partial charge in [-0.1, -0.05) is 0 Å². The summed E-state index contributed by atoms with van der Waals surface area (Å²) < 4.78 is 4.82. The molecular formula is C12H18N2O6. The molecule has 0 bridgehead atoms. The molecule has 8 nitrogen and oxygen atoms in total. The van der Waals surface area contributed by atoms with Crippen LogP contribution >= 0.6 is 0 Å². The maximum absolute atomic E-state index is 11.4. The molecule has 1 aliphatic rings. The molecule has 20 heavy (non-hydrogen) atoms. The molecule has 112 valence electrons. The van der Waals surface area contributed by atoms with Crippen LogP contribution in [0.1, 0.15) is 32.1 Å². The number of carbonyl (C=O) groups excluding carboxylic acids is 4. The zero-order valence-corrected chi connectivity index (χ0v) is 11.3. The maximum Gasteiger partial charge on any atom is 0.333 e. The smallest absolute Gasteiger partial charge is 0.333 e. The number of methoxy groups -OCH3 is 1. The van der Waals surface area contributed by atoms with Crippen molar-refractivity contribution in [3.8, 4) is 0 Å². The van der Waals surface area contributed by atoms with Crippen LogP contribution in [0.2, 0.25) is 0 Å². The van der Waals surface area contributed by atoms with Gasteiger partial charge in [-0.3, -0.25) is 14.4 Å². The van der Waals surface area contributed by atoms with Crippen LogP contribution in [0.5, 0.6) is 0 Å². The molecule has 0 spiro atoms. The molecule has 0 atom stereocenters. The molecule has 0 aromatic carbocycles. The van der Waals surface area contributed by atoms with E-state index in [1.807, 2.05) is 0 Å². The Morgan fingerprint density at radius 1 is 1.20 bits per heavy atom. The van der Waals surface area contributed by atoms with Crippen LogP contribution in [0.25, 0.3) is 0 Å². The van der Waals surface area contributed by atoms with E-state index in [1.54, 1.807) is 7.11 Å². The number of hydrogen-bond acceptors (Lipinski definition) is 6. The molecule has 1 aliphatic heterocycles. The summed E-state index contributed by atoms with van der Waals surface area (Å²) in [6.45, 7) is 1.01. The first-order valence-corrected chi connectivity index (χ1v) is 6.37. The van der Waals surface area contributed by atoms with Crippen molar-refractivity contribution in [3.05, 3.63) is 0 Å². The van der Waals surface area contributed by atoms with E-state index in [4.69, 9.17) is 4.74 Å². The first-order chi connectivity index (χ1) is 9.54. The number of hydrogen-bond donors (Lipinski definition) is 1. The maximum atomic E-state index is 11.4. The third-order valence-corrected chi connectivity index (χ3v) is 2.60. The highest BCUT2D eigenvalue weighted by molar-refractivity contribution is 6.01. The molecule has 0 aliphatic carbocycles. The highest BCUT2D eigenvalue weighted by Gasteiger charge is 2.32. The third kappa shape index (κ3) is 5.35. The Balaban J connectivity index is 2.18. The van der Waals surface area contributed by atoms with Crippen molar-refractivity contribution in [2.45, 2.75) is 32.1 Å². The number of rotatable bonds is 8. The number of carbonyl (C=O) groups is 4. The molecule has 1 saturated heterocycles. The summed E-state index contributed by atoms with van der Waals surface area (Å²) in [5, 5.41) is 3.08. The van der Waals surface area contributed by atoms with E-state index in [0.29, 0.717) is 24.6 Å². The van der Waals surface area contributed by atoms with Gasteiger partial charge in [0.1, 0.15) is 0 Å². The van der Waals surface area contributed by atoms with Crippen LogP contribution in [0.4, 0.5) is 0 Å². The van der Waals surface area contributed by atoms with Gasteiger partial charge in [-0.05, 0) is 6.42 Å². The molecule has 1 N–H and O–H groups in total. The van der Waals surface area contributed by atoms with Crippen molar-refractivity contribution in [2.75, 3.05) is 20.3 Å². The molecule has 0 saturated carbocycles. The van der Waals surface area contributed by atoms with Crippen LogP contribution in [-0.4, -0.2) is 49.0 Å².